The highest BCUT2D eigenvalue weighted by Gasteiger charge is 2.42. The van der Waals surface area contributed by atoms with E-state index in [0.717, 1.165) is 6.04 Å². The molecule has 0 aromatic heterocycles. The zero-order chi connectivity index (χ0) is 13.3. The summed E-state index contributed by atoms with van der Waals surface area (Å²) in [6.07, 6.45) is 12.9. The molecule has 0 radical (unpaired) electrons. The van der Waals surface area contributed by atoms with Crippen LogP contribution < -0.4 is 5.32 Å². The van der Waals surface area contributed by atoms with Crippen LogP contribution in [0.4, 0.5) is 0 Å². The third-order valence-corrected chi connectivity index (χ3v) is 6.16. The largest absolute Gasteiger partial charge is 0.308 e. The molecule has 3 rings (SSSR count). The van der Waals surface area contributed by atoms with Crippen LogP contribution in [0.15, 0.2) is 0 Å². The number of hydrogen-bond acceptors (Lipinski definition) is 2. The lowest BCUT2D eigenvalue weighted by atomic mass is 9.85. The van der Waals surface area contributed by atoms with Crippen LogP contribution in [-0.2, 0) is 0 Å². The average molecular weight is 264 g/mol. The van der Waals surface area contributed by atoms with E-state index in [0.29, 0.717) is 11.0 Å². The van der Waals surface area contributed by atoms with Gasteiger partial charge in [0.25, 0.3) is 0 Å². The van der Waals surface area contributed by atoms with E-state index in [1.807, 2.05) is 0 Å². The van der Waals surface area contributed by atoms with Crippen molar-refractivity contribution < 1.29 is 0 Å². The number of nitrogens with zero attached hydrogens (tertiary/aromatic N) is 1. The minimum Gasteiger partial charge on any atom is -0.308 e. The molecule has 1 aliphatic heterocycles. The fourth-order valence-corrected chi connectivity index (χ4v) is 4.89. The van der Waals surface area contributed by atoms with Gasteiger partial charge >= 0.3 is 0 Å². The molecule has 19 heavy (non-hydrogen) atoms. The Morgan fingerprint density at radius 1 is 1.05 bits per heavy atom. The minimum absolute atomic E-state index is 0.487. The Kier molecular flexibility index (Phi) is 3.92. The van der Waals surface area contributed by atoms with Crippen LogP contribution in [0.3, 0.4) is 0 Å². The maximum absolute atomic E-state index is 3.92. The van der Waals surface area contributed by atoms with Crippen LogP contribution in [0, 0.1) is 5.41 Å². The third-order valence-electron chi connectivity index (χ3n) is 6.16. The standard InChI is InChI=1S/C17H32N2/c1-3-15-12-18-17(10-6-7-11-17)14-19(15)13-16(2)8-4-5-9-16/h15,18H,3-14H2,1-2H3. The maximum Gasteiger partial charge on any atom is 0.0309 e. The van der Waals surface area contributed by atoms with Gasteiger partial charge in [0.1, 0.15) is 0 Å². The number of rotatable bonds is 3. The van der Waals surface area contributed by atoms with Gasteiger partial charge in [0.15, 0.2) is 0 Å². The summed E-state index contributed by atoms with van der Waals surface area (Å²) in [5.74, 6) is 0. The van der Waals surface area contributed by atoms with E-state index < -0.39 is 0 Å². The first-order chi connectivity index (χ1) is 9.15. The fraction of sp³-hybridized carbons (Fsp3) is 1.00. The lowest BCUT2D eigenvalue weighted by Crippen LogP contribution is -2.64. The average Bonchev–Trinajstić information content (AvgIpc) is 3.00. The second kappa shape index (κ2) is 5.37. The fourth-order valence-electron chi connectivity index (χ4n) is 4.89. The molecule has 1 atom stereocenters. The monoisotopic (exact) mass is 264 g/mol. The molecule has 2 nitrogen and oxygen atoms in total. The minimum atomic E-state index is 0.487. The summed E-state index contributed by atoms with van der Waals surface area (Å²) < 4.78 is 0. The maximum atomic E-state index is 3.92. The molecule has 2 heteroatoms. The van der Waals surface area contributed by atoms with Gasteiger partial charge in [-0.2, -0.15) is 0 Å². The van der Waals surface area contributed by atoms with E-state index in [1.54, 1.807) is 0 Å². The molecule has 2 saturated carbocycles. The van der Waals surface area contributed by atoms with Crippen molar-refractivity contribution in [2.45, 2.75) is 83.2 Å². The van der Waals surface area contributed by atoms with Crippen molar-refractivity contribution in [2.75, 3.05) is 19.6 Å². The molecule has 0 bridgehead atoms. The van der Waals surface area contributed by atoms with Crippen molar-refractivity contribution in [2.24, 2.45) is 5.41 Å². The van der Waals surface area contributed by atoms with E-state index in [2.05, 4.69) is 24.1 Å². The van der Waals surface area contributed by atoms with Crippen LogP contribution in [0.2, 0.25) is 0 Å². The smallest absolute Gasteiger partial charge is 0.0309 e. The molecule has 0 aromatic carbocycles. The Balaban J connectivity index is 1.68. The number of piperazine rings is 1. The predicted octanol–water partition coefficient (Wildman–Crippen LogP) is 3.56. The lowest BCUT2D eigenvalue weighted by molar-refractivity contribution is 0.0431. The highest BCUT2D eigenvalue weighted by atomic mass is 15.3. The Bertz CT molecular complexity index is 298. The van der Waals surface area contributed by atoms with Crippen LogP contribution in [-0.4, -0.2) is 36.1 Å². The Morgan fingerprint density at radius 2 is 1.68 bits per heavy atom. The summed E-state index contributed by atoms with van der Waals surface area (Å²) in [7, 11) is 0. The zero-order valence-corrected chi connectivity index (χ0v) is 13.0. The van der Waals surface area contributed by atoms with Crippen molar-refractivity contribution in [3.63, 3.8) is 0 Å². The number of hydrogen-bond donors (Lipinski definition) is 1. The molecule has 3 fully saturated rings. The summed E-state index contributed by atoms with van der Waals surface area (Å²) in [5.41, 5.74) is 1.10. The summed E-state index contributed by atoms with van der Waals surface area (Å²) in [6, 6.07) is 0.781. The van der Waals surface area contributed by atoms with Crippen molar-refractivity contribution in [3.05, 3.63) is 0 Å². The van der Waals surface area contributed by atoms with Crippen molar-refractivity contribution in [3.8, 4) is 0 Å². The van der Waals surface area contributed by atoms with Gasteiger partial charge in [-0.15, -0.1) is 0 Å². The van der Waals surface area contributed by atoms with E-state index >= 15 is 0 Å². The van der Waals surface area contributed by atoms with Crippen molar-refractivity contribution in [1.29, 1.82) is 0 Å². The van der Waals surface area contributed by atoms with Crippen LogP contribution in [0.5, 0.6) is 0 Å². The van der Waals surface area contributed by atoms with Crippen LogP contribution in [0.1, 0.15) is 71.6 Å². The first kappa shape index (κ1) is 13.9. The summed E-state index contributed by atoms with van der Waals surface area (Å²) in [5, 5.41) is 3.92. The predicted molar refractivity (Wildman–Crippen MR) is 81.4 cm³/mol. The Morgan fingerprint density at radius 3 is 2.32 bits per heavy atom. The zero-order valence-electron chi connectivity index (χ0n) is 13.0. The summed E-state index contributed by atoms with van der Waals surface area (Å²) >= 11 is 0. The van der Waals surface area contributed by atoms with Gasteiger partial charge in [-0.25, -0.2) is 0 Å². The van der Waals surface area contributed by atoms with Gasteiger partial charge in [-0.3, -0.25) is 4.90 Å². The lowest BCUT2D eigenvalue weighted by Gasteiger charge is -2.48. The molecule has 1 unspecified atom stereocenters. The molecule has 1 heterocycles. The van der Waals surface area contributed by atoms with Gasteiger partial charge in [0, 0.05) is 31.2 Å². The highest BCUT2D eigenvalue weighted by molar-refractivity contribution is 5.02. The molecule has 3 aliphatic rings. The van der Waals surface area contributed by atoms with Gasteiger partial charge in [-0.1, -0.05) is 39.5 Å². The van der Waals surface area contributed by atoms with Crippen molar-refractivity contribution >= 4 is 0 Å². The molecule has 0 amide bonds. The SMILES string of the molecule is CCC1CNC2(CCCC2)CN1CC1(C)CCCC1. The van der Waals surface area contributed by atoms with E-state index in [-0.39, 0.29) is 0 Å². The molecule has 1 N–H and O–H groups in total. The van der Waals surface area contributed by atoms with E-state index in [1.165, 1.54) is 77.4 Å². The quantitative estimate of drug-likeness (QED) is 0.838. The molecular weight excluding hydrogens is 232 g/mol. The van der Waals surface area contributed by atoms with Crippen LogP contribution >= 0.6 is 0 Å². The molecule has 2 aliphatic carbocycles. The van der Waals surface area contributed by atoms with Crippen LogP contribution in [0.25, 0.3) is 0 Å². The third kappa shape index (κ3) is 2.85. The van der Waals surface area contributed by atoms with Gasteiger partial charge in [0.05, 0.1) is 0 Å². The van der Waals surface area contributed by atoms with Crippen molar-refractivity contribution in [1.82, 2.24) is 10.2 Å². The highest BCUT2D eigenvalue weighted by Crippen LogP contribution is 2.40. The summed E-state index contributed by atoms with van der Waals surface area (Å²) in [4.78, 5) is 2.87. The molecular formula is C17H32N2. The first-order valence-corrected chi connectivity index (χ1v) is 8.64. The first-order valence-electron chi connectivity index (χ1n) is 8.64. The Labute approximate surface area is 119 Å². The van der Waals surface area contributed by atoms with Gasteiger partial charge in [0.2, 0.25) is 0 Å². The van der Waals surface area contributed by atoms with E-state index in [4.69, 9.17) is 0 Å². The Hall–Kier alpha value is -0.0800. The molecule has 0 aromatic rings. The normalized spacial score (nSPS) is 34.1. The molecule has 1 saturated heterocycles. The van der Waals surface area contributed by atoms with E-state index in [9.17, 15) is 0 Å². The topological polar surface area (TPSA) is 15.3 Å². The van der Waals surface area contributed by atoms with Gasteiger partial charge < -0.3 is 5.32 Å². The second-order valence-electron chi connectivity index (χ2n) is 7.85. The number of nitrogens with one attached hydrogen (secondary N) is 1. The second-order valence-corrected chi connectivity index (χ2v) is 7.85. The summed E-state index contributed by atoms with van der Waals surface area (Å²) in [6.45, 7) is 8.81. The van der Waals surface area contributed by atoms with Gasteiger partial charge in [-0.05, 0) is 37.5 Å². The molecule has 1 spiro atoms. The molecule has 110 valence electrons.